The highest BCUT2D eigenvalue weighted by Gasteiger charge is 2.25. The molecule has 0 amide bonds. The summed E-state index contributed by atoms with van der Waals surface area (Å²) >= 11 is 0. The molecule has 0 bridgehead atoms. The van der Waals surface area contributed by atoms with Gasteiger partial charge in [0.15, 0.2) is 0 Å². The number of hydrogen-bond acceptors (Lipinski definition) is 2. The van der Waals surface area contributed by atoms with Crippen LogP contribution in [-0.2, 0) is 9.53 Å². The lowest BCUT2D eigenvalue weighted by Crippen LogP contribution is -2.21. The number of ether oxygens (including phenoxy) is 1. The molecule has 0 spiro atoms. The van der Waals surface area contributed by atoms with Crippen LogP contribution in [0.25, 0.3) is 0 Å². The Labute approximate surface area is 87.0 Å². The average molecular weight is 198 g/mol. The van der Waals surface area contributed by atoms with Gasteiger partial charge >= 0.3 is 5.97 Å². The fraction of sp³-hybridized carbons (Fsp3) is 0.917. The average Bonchev–Trinajstić information content (AvgIpc) is 2.53. The van der Waals surface area contributed by atoms with Crippen molar-refractivity contribution in [3.8, 4) is 0 Å². The Morgan fingerprint density at radius 3 is 2.36 bits per heavy atom. The van der Waals surface area contributed by atoms with Crippen LogP contribution in [0.15, 0.2) is 0 Å². The molecule has 0 N–H and O–H groups in total. The monoisotopic (exact) mass is 198 g/mol. The van der Waals surface area contributed by atoms with Crippen molar-refractivity contribution < 1.29 is 9.53 Å². The summed E-state index contributed by atoms with van der Waals surface area (Å²) in [6.07, 6.45) is 5.51. The van der Waals surface area contributed by atoms with Gasteiger partial charge in [-0.1, -0.05) is 26.7 Å². The maximum Gasteiger partial charge on any atom is 0.309 e. The number of rotatable bonds is 4. The molecule has 0 aromatic heterocycles. The predicted molar refractivity (Wildman–Crippen MR) is 57.0 cm³/mol. The summed E-state index contributed by atoms with van der Waals surface area (Å²) in [5, 5.41) is 0. The zero-order chi connectivity index (χ0) is 10.6. The molecule has 2 nitrogen and oxygen atoms in total. The molecule has 82 valence electrons. The second-order valence-electron chi connectivity index (χ2n) is 4.86. The van der Waals surface area contributed by atoms with Gasteiger partial charge in [-0.25, -0.2) is 0 Å². The van der Waals surface area contributed by atoms with Crippen molar-refractivity contribution in [1.82, 2.24) is 0 Å². The third-order valence-corrected chi connectivity index (χ3v) is 2.81. The topological polar surface area (TPSA) is 26.3 Å². The quantitative estimate of drug-likeness (QED) is 0.649. The normalized spacial score (nSPS) is 20.0. The van der Waals surface area contributed by atoms with E-state index in [1.54, 1.807) is 0 Å². The Morgan fingerprint density at radius 2 is 1.86 bits per heavy atom. The van der Waals surface area contributed by atoms with Crippen LogP contribution < -0.4 is 0 Å². The van der Waals surface area contributed by atoms with E-state index in [0.717, 1.165) is 19.3 Å². The van der Waals surface area contributed by atoms with Gasteiger partial charge in [0.2, 0.25) is 0 Å². The summed E-state index contributed by atoms with van der Waals surface area (Å²) in [5.74, 6) is 0.835. The Hall–Kier alpha value is -0.530. The molecule has 0 aromatic rings. The van der Waals surface area contributed by atoms with Crippen molar-refractivity contribution in [3.63, 3.8) is 0 Å². The largest absolute Gasteiger partial charge is 0.462 e. The molecule has 0 saturated heterocycles. The van der Waals surface area contributed by atoms with E-state index >= 15 is 0 Å². The van der Waals surface area contributed by atoms with Gasteiger partial charge in [-0.2, -0.15) is 0 Å². The van der Waals surface area contributed by atoms with Gasteiger partial charge in [-0.15, -0.1) is 0 Å². The number of hydrogen-bond donors (Lipinski definition) is 0. The second-order valence-corrected chi connectivity index (χ2v) is 4.86. The smallest absolute Gasteiger partial charge is 0.309 e. The van der Waals surface area contributed by atoms with E-state index in [1.807, 2.05) is 6.92 Å². The molecule has 1 rings (SSSR count). The van der Waals surface area contributed by atoms with E-state index in [0.29, 0.717) is 5.92 Å². The molecule has 1 aliphatic carbocycles. The van der Waals surface area contributed by atoms with Crippen molar-refractivity contribution in [3.05, 3.63) is 0 Å². The standard InChI is InChI=1S/C12H22O2/c1-9(2)8-10(3)14-12(13)11-6-4-5-7-11/h9-11H,4-8H2,1-3H3. The Morgan fingerprint density at radius 1 is 1.29 bits per heavy atom. The molecular formula is C12H22O2. The molecule has 1 saturated carbocycles. The summed E-state index contributed by atoms with van der Waals surface area (Å²) in [6.45, 7) is 6.30. The predicted octanol–water partition coefficient (Wildman–Crippen LogP) is 3.15. The summed E-state index contributed by atoms with van der Waals surface area (Å²) < 4.78 is 5.41. The van der Waals surface area contributed by atoms with Gasteiger partial charge in [0, 0.05) is 0 Å². The minimum absolute atomic E-state index is 0.0376. The van der Waals surface area contributed by atoms with Crippen LogP contribution in [0.3, 0.4) is 0 Å². The first-order chi connectivity index (χ1) is 6.59. The van der Waals surface area contributed by atoms with Gasteiger partial charge < -0.3 is 4.74 Å². The number of carbonyl (C=O) groups excluding carboxylic acids is 1. The van der Waals surface area contributed by atoms with Crippen LogP contribution in [0.2, 0.25) is 0 Å². The third-order valence-electron chi connectivity index (χ3n) is 2.81. The van der Waals surface area contributed by atoms with Crippen LogP contribution in [0.1, 0.15) is 52.9 Å². The molecule has 1 unspecified atom stereocenters. The highest BCUT2D eigenvalue weighted by atomic mass is 16.5. The first-order valence-electron chi connectivity index (χ1n) is 5.80. The molecule has 1 aliphatic rings. The summed E-state index contributed by atoms with van der Waals surface area (Å²) in [7, 11) is 0. The summed E-state index contributed by atoms with van der Waals surface area (Å²) in [4.78, 5) is 11.6. The molecule has 0 aliphatic heterocycles. The molecule has 0 aromatic carbocycles. The molecule has 1 atom stereocenters. The highest BCUT2D eigenvalue weighted by molar-refractivity contribution is 5.72. The van der Waals surface area contributed by atoms with E-state index in [1.165, 1.54) is 12.8 Å². The van der Waals surface area contributed by atoms with Crippen molar-refractivity contribution in [2.45, 2.75) is 59.0 Å². The van der Waals surface area contributed by atoms with Crippen molar-refractivity contribution >= 4 is 5.97 Å². The maximum atomic E-state index is 11.6. The Kier molecular flexibility index (Phi) is 4.43. The summed E-state index contributed by atoms with van der Waals surface area (Å²) in [6, 6.07) is 0. The molecule has 0 radical (unpaired) electrons. The second kappa shape index (κ2) is 5.38. The Balaban J connectivity index is 2.25. The Bertz CT molecular complexity index is 181. The molecule has 0 heterocycles. The van der Waals surface area contributed by atoms with E-state index in [2.05, 4.69) is 13.8 Å². The van der Waals surface area contributed by atoms with Crippen molar-refractivity contribution in [2.24, 2.45) is 11.8 Å². The van der Waals surface area contributed by atoms with Crippen molar-refractivity contribution in [1.29, 1.82) is 0 Å². The minimum atomic E-state index is 0.0376. The van der Waals surface area contributed by atoms with Gasteiger partial charge in [-0.3, -0.25) is 4.79 Å². The maximum absolute atomic E-state index is 11.6. The molecule has 14 heavy (non-hydrogen) atoms. The van der Waals surface area contributed by atoms with E-state index < -0.39 is 0 Å². The fourth-order valence-electron chi connectivity index (χ4n) is 2.17. The van der Waals surface area contributed by atoms with Crippen molar-refractivity contribution in [2.75, 3.05) is 0 Å². The van der Waals surface area contributed by atoms with Crippen LogP contribution >= 0.6 is 0 Å². The van der Waals surface area contributed by atoms with Crippen LogP contribution in [-0.4, -0.2) is 12.1 Å². The fourth-order valence-corrected chi connectivity index (χ4v) is 2.17. The summed E-state index contributed by atoms with van der Waals surface area (Å²) in [5.41, 5.74) is 0. The number of esters is 1. The van der Waals surface area contributed by atoms with Crippen LogP contribution in [0.5, 0.6) is 0 Å². The molecule has 2 heteroatoms. The van der Waals surface area contributed by atoms with Gasteiger partial charge in [0.05, 0.1) is 12.0 Å². The minimum Gasteiger partial charge on any atom is -0.462 e. The van der Waals surface area contributed by atoms with E-state index in [9.17, 15) is 4.79 Å². The lowest BCUT2D eigenvalue weighted by atomic mass is 10.1. The zero-order valence-corrected chi connectivity index (χ0v) is 9.58. The molecule has 1 fully saturated rings. The zero-order valence-electron chi connectivity index (χ0n) is 9.58. The first-order valence-corrected chi connectivity index (χ1v) is 5.80. The van der Waals surface area contributed by atoms with Gasteiger partial charge in [0.1, 0.15) is 0 Å². The number of carbonyl (C=O) groups is 1. The lowest BCUT2D eigenvalue weighted by molar-refractivity contribution is -0.153. The van der Waals surface area contributed by atoms with Gasteiger partial charge in [0.25, 0.3) is 0 Å². The van der Waals surface area contributed by atoms with E-state index in [4.69, 9.17) is 4.74 Å². The lowest BCUT2D eigenvalue weighted by Gasteiger charge is -2.17. The van der Waals surface area contributed by atoms with E-state index in [-0.39, 0.29) is 18.0 Å². The van der Waals surface area contributed by atoms with Crippen LogP contribution in [0, 0.1) is 11.8 Å². The molecular weight excluding hydrogens is 176 g/mol. The SMILES string of the molecule is CC(C)CC(C)OC(=O)C1CCCC1. The van der Waals surface area contributed by atoms with Crippen LogP contribution in [0.4, 0.5) is 0 Å². The first kappa shape index (κ1) is 11.5. The van der Waals surface area contributed by atoms with Gasteiger partial charge in [-0.05, 0) is 32.1 Å². The highest BCUT2D eigenvalue weighted by Crippen LogP contribution is 2.26. The third kappa shape index (κ3) is 3.69.